The molecular formula is C36H72N2O4. The molecule has 0 aliphatic heterocycles. The molecule has 0 spiro atoms. The van der Waals surface area contributed by atoms with E-state index in [4.69, 9.17) is 9.47 Å². The summed E-state index contributed by atoms with van der Waals surface area (Å²) in [6, 6.07) is 0. The standard InChI is InChI=1S/C36H72N2O4/c1-6-9-12-14-17-21-26-34(25-20-13-10-7-2)36(40)42-32-23-19-16-15-18-22-30-38(29-11-8-3)31-33-41-35(39)27-24-28-37(4)5/h34H,6-33H2,1-5H3. The van der Waals surface area contributed by atoms with Crippen molar-refractivity contribution in [2.24, 2.45) is 5.92 Å². The first kappa shape index (κ1) is 40.9. The van der Waals surface area contributed by atoms with Gasteiger partial charge in [0.05, 0.1) is 12.5 Å². The summed E-state index contributed by atoms with van der Waals surface area (Å²) >= 11 is 0. The molecule has 1 atom stereocenters. The first-order chi connectivity index (χ1) is 20.4. The molecule has 0 aromatic heterocycles. The maximum atomic E-state index is 12.8. The SMILES string of the molecule is CCCCCCCCC(CCCCCC)C(=O)OCCCCCCCCN(CCCC)CCOC(=O)CCCN(C)C. The fourth-order valence-electron chi connectivity index (χ4n) is 5.42. The molecule has 0 N–H and O–H groups in total. The third kappa shape index (κ3) is 27.7. The molecule has 0 saturated heterocycles. The quantitative estimate of drug-likeness (QED) is 0.0570. The monoisotopic (exact) mass is 597 g/mol. The van der Waals surface area contributed by atoms with Crippen LogP contribution in [0.5, 0.6) is 0 Å². The lowest BCUT2D eigenvalue weighted by Gasteiger charge is -2.22. The number of ether oxygens (including phenoxy) is 2. The predicted octanol–water partition coefficient (Wildman–Crippen LogP) is 9.19. The lowest BCUT2D eigenvalue weighted by molar-refractivity contribution is -0.149. The first-order valence-electron chi connectivity index (χ1n) is 18.1. The second-order valence-corrected chi connectivity index (χ2v) is 12.7. The van der Waals surface area contributed by atoms with Gasteiger partial charge in [0.2, 0.25) is 0 Å². The van der Waals surface area contributed by atoms with Gasteiger partial charge >= 0.3 is 11.9 Å². The summed E-state index contributed by atoms with van der Waals surface area (Å²) < 4.78 is 11.2. The fourth-order valence-corrected chi connectivity index (χ4v) is 5.42. The molecule has 0 aliphatic carbocycles. The van der Waals surface area contributed by atoms with Gasteiger partial charge in [-0.15, -0.1) is 0 Å². The van der Waals surface area contributed by atoms with Crippen LogP contribution in [-0.2, 0) is 19.1 Å². The predicted molar refractivity (Wildman–Crippen MR) is 179 cm³/mol. The minimum Gasteiger partial charge on any atom is -0.465 e. The van der Waals surface area contributed by atoms with E-state index < -0.39 is 0 Å². The Kier molecular flexibility index (Phi) is 30.4. The summed E-state index contributed by atoms with van der Waals surface area (Å²) in [6.45, 7) is 11.7. The van der Waals surface area contributed by atoms with Crippen molar-refractivity contribution >= 4 is 11.9 Å². The van der Waals surface area contributed by atoms with Gasteiger partial charge in [0.25, 0.3) is 0 Å². The zero-order valence-electron chi connectivity index (χ0n) is 28.9. The molecule has 0 heterocycles. The third-order valence-corrected chi connectivity index (χ3v) is 8.24. The summed E-state index contributed by atoms with van der Waals surface area (Å²) in [5, 5.41) is 0. The van der Waals surface area contributed by atoms with Crippen molar-refractivity contribution in [3.05, 3.63) is 0 Å². The maximum absolute atomic E-state index is 12.8. The molecule has 0 radical (unpaired) electrons. The van der Waals surface area contributed by atoms with Gasteiger partial charge in [-0.25, -0.2) is 0 Å². The average Bonchev–Trinajstić information content (AvgIpc) is 2.97. The number of carbonyl (C=O) groups excluding carboxylic acids is 2. The summed E-state index contributed by atoms with van der Waals surface area (Å²) in [5.74, 6) is 0.0972. The topological polar surface area (TPSA) is 59.1 Å². The van der Waals surface area contributed by atoms with Crippen LogP contribution in [0.25, 0.3) is 0 Å². The Morgan fingerprint density at radius 3 is 1.67 bits per heavy atom. The van der Waals surface area contributed by atoms with Crippen molar-refractivity contribution in [3.8, 4) is 0 Å². The van der Waals surface area contributed by atoms with Crippen LogP contribution in [-0.4, -0.2) is 75.2 Å². The Balaban J connectivity index is 4.06. The Hall–Kier alpha value is -1.14. The third-order valence-electron chi connectivity index (χ3n) is 8.24. The van der Waals surface area contributed by atoms with Crippen molar-refractivity contribution in [3.63, 3.8) is 0 Å². The highest BCUT2D eigenvalue weighted by Gasteiger charge is 2.19. The molecule has 0 saturated carbocycles. The second kappa shape index (κ2) is 31.3. The molecule has 0 aromatic carbocycles. The van der Waals surface area contributed by atoms with E-state index >= 15 is 0 Å². The van der Waals surface area contributed by atoms with E-state index in [0.717, 1.165) is 71.1 Å². The van der Waals surface area contributed by atoms with Gasteiger partial charge in [-0.05, 0) is 72.3 Å². The smallest absolute Gasteiger partial charge is 0.308 e. The van der Waals surface area contributed by atoms with Crippen molar-refractivity contribution in [2.45, 2.75) is 162 Å². The van der Waals surface area contributed by atoms with E-state index in [1.165, 1.54) is 89.9 Å². The van der Waals surface area contributed by atoms with Gasteiger partial charge in [-0.1, -0.05) is 117 Å². The number of esters is 2. The molecule has 0 rings (SSSR count). The number of hydrogen-bond donors (Lipinski definition) is 0. The Morgan fingerprint density at radius 2 is 1.05 bits per heavy atom. The Morgan fingerprint density at radius 1 is 0.524 bits per heavy atom. The van der Waals surface area contributed by atoms with E-state index in [1.807, 2.05) is 14.1 Å². The molecule has 1 unspecified atom stereocenters. The number of unbranched alkanes of at least 4 members (excludes halogenated alkanes) is 14. The van der Waals surface area contributed by atoms with Crippen molar-refractivity contribution < 1.29 is 19.1 Å². The number of nitrogens with zero attached hydrogens (tertiary/aromatic N) is 2. The zero-order valence-corrected chi connectivity index (χ0v) is 28.9. The zero-order chi connectivity index (χ0) is 31.1. The Bertz CT molecular complexity index is 599. The van der Waals surface area contributed by atoms with E-state index in [1.54, 1.807) is 0 Å². The van der Waals surface area contributed by atoms with Gasteiger partial charge < -0.3 is 14.4 Å². The lowest BCUT2D eigenvalue weighted by atomic mass is 9.94. The second-order valence-electron chi connectivity index (χ2n) is 12.7. The van der Waals surface area contributed by atoms with Crippen molar-refractivity contribution in [1.29, 1.82) is 0 Å². The molecule has 0 bridgehead atoms. The van der Waals surface area contributed by atoms with Crippen LogP contribution in [0.4, 0.5) is 0 Å². The van der Waals surface area contributed by atoms with Crippen LogP contribution < -0.4 is 0 Å². The molecule has 6 heteroatoms. The summed E-state index contributed by atoms with van der Waals surface area (Å²) in [5.41, 5.74) is 0. The molecule has 250 valence electrons. The minimum atomic E-state index is -0.0710. The fraction of sp³-hybridized carbons (Fsp3) is 0.944. The van der Waals surface area contributed by atoms with Crippen LogP contribution in [0.3, 0.4) is 0 Å². The molecule has 6 nitrogen and oxygen atoms in total. The highest BCUT2D eigenvalue weighted by Crippen LogP contribution is 2.21. The van der Waals surface area contributed by atoms with E-state index in [0.29, 0.717) is 19.6 Å². The molecule has 42 heavy (non-hydrogen) atoms. The summed E-state index contributed by atoms with van der Waals surface area (Å²) in [6.07, 6.45) is 25.2. The number of carbonyl (C=O) groups is 2. The van der Waals surface area contributed by atoms with Gasteiger partial charge in [0.15, 0.2) is 0 Å². The summed E-state index contributed by atoms with van der Waals surface area (Å²) in [7, 11) is 4.05. The van der Waals surface area contributed by atoms with Gasteiger partial charge in [0.1, 0.15) is 6.61 Å². The van der Waals surface area contributed by atoms with Crippen LogP contribution in [0.2, 0.25) is 0 Å². The van der Waals surface area contributed by atoms with E-state index in [9.17, 15) is 9.59 Å². The van der Waals surface area contributed by atoms with Crippen LogP contribution >= 0.6 is 0 Å². The van der Waals surface area contributed by atoms with Gasteiger partial charge in [-0.2, -0.15) is 0 Å². The number of hydrogen-bond acceptors (Lipinski definition) is 6. The number of rotatable bonds is 32. The van der Waals surface area contributed by atoms with Crippen LogP contribution in [0.1, 0.15) is 162 Å². The van der Waals surface area contributed by atoms with Gasteiger partial charge in [0, 0.05) is 13.0 Å². The Labute approximate surface area is 262 Å². The van der Waals surface area contributed by atoms with Gasteiger partial charge in [-0.3, -0.25) is 14.5 Å². The molecule has 0 aliphatic rings. The highest BCUT2D eigenvalue weighted by atomic mass is 16.5. The van der Waals surface area contributed by atoms with E-state index in [-0.39, 0.29) is 17.9 Å². The lowest BCUT2D eigenvalue weighted by Crippen LogP contribution is -2.30. The van der Waals surface area contributed by atoms with Crippen LogP contribution in [0, 0.1) is 5.92 Å². The maximum Gasteiger partial charge on any atom is 0.308 e. The molecule has 0 fully saturated rings. The van der Waals surface area contributed by atoms with Crippen LogP contribution in [0.15, 0.2) is 0 Å². The highest BCUT2D eigenvalue weighted by molar-refractivity contribution is 5.72. The molecule has 0 amide bonds. The minimum absolute atomic E-state index is 0.0615. The summed E-state index contributed by atoms with van der Waals surface area (Å²) in [4.78, 5) is 29.3. The average molecular weight is 597 g/mol. The van der Waals surface area contributed by atoms with E-state index in [2.05, 4.69) is 30.6 Å². The molecule has 0 aromatic rings. The van der Waals surface area contributed by atoms with Crippen molar-refractivity contribution in [2.75, 3.05) is 53.5 Å². The van der Waals surface area contributed by atoms with Crippen molar-refractivity contribution in [1.82, 2.24) is 9.80 Å². The first-order valence-corrected chi connectivity index (χ1v) is 18.1. The molecular weight excluding hydrogens is 524 g/mol. The normalized spacial score (nSPS) is 12.3. The largest absolute Gasteiger partial charge is 0.465 e.